The number of carbonyl (C=O) groups excluding carboxylic acids is 1. The fourth-order valence-electron chi connectivity index (χ4n) is 1.48. The van der Waals surface area contributed by atoms with Crippen molar-refractivity contribution in [2.24, 2.45) is 0 Å². The summed E-state index contributed by atoms with van der Waals surface area (Å²) < 4.78 is 17.9. The van der Waals surface area contributed by atoms with E-state index in [-0.39, 0.29) is 13.2 Å². The summed E-state index contributed by atoms with van der Waals surface area (Å²) in [7, 11) is 0. The molecular formula is C14H13FN2O2. The predicted molar refractivity (Wildman–Crippen MR) is 68.9 cm³/mol. The molecule has 0 bridgehead atoms. The molecule has 0 amide bonds. The molecule has 1 aromatic heterocycles. The number of anilines is 1. The molecule has 1 heterocycles. The molecule has 0 spiro atoms. The standard InChI is InChI=1S/C14H13FN2O2/c15-13-8-12(6-7-16-13)17-9-14(18)19-10-11-4-2-1-3-5-11/h1-8H,9-10H2,(H,16,17). The Morgan fingerprint density at radius 1 is 1.26 bits per heavy atom. The number of carbonyl (C=O) groups is 1. The molecule has 0 aliphatic carbocycles. The third kappa shape index (κ3) is 4.39. The highest BCUT2D eigenvalue weighted by atomic mass is 19.1. The lowest BCUT2D eigenvalue weighted by Gasteiger charge is -2.07. The Balaban J connectivity index is 1.76. The SMILES string of the molecule is O=C(CNc1ccnc(F)c1)OCc1ccccc1. The normalized spacial score (nSPS) is 9.95. The highest BCUT2D eigenvalue weighted by Gasteiger charge is 2.03. The first-order chi connectivity index (χ1) is 9.24. The summed E-state index contributed by atoms with van der Waals surface area (Å²) in [5.41, 5.74) is 1.41. The van der Waals surface area contributed by atoms with Gasteiger partial charge in [0.1, 0.15) is 13.2 Å². The van der Waals surface area contributed by atoms with Crippen LogP contribution in [-0.2, 0) is 16.1 Å². The largest absolute Gasteiger partial charge is 0.460 e. The van der Waals surface area contributed by atoms with Gasteiger partial charge in [0.05, 0.1) is 0 Å². The van der Waals surface area contributed by atoms with E-state index < -0.39 is 11.9 Å². The van der Waals surface area contributed by atoms with E-state index in [0.29, 0.717) is 5.69 Å². The Morgan fingerprint density at radius 2 is 2.05 bits per heavy atom. The number of benzene rings is 1. The molecule has 1 N–H and O–H groups in total. The molecule has 0 unspecified atom stereocenters. The summed E-state index contributed by atoms with van der Waals surface area (Å²) in [6.45, 7) is 0.211. The van der Waals surface area contributed by atoms with Crippen molar-refractivity contribution in [2.45, 2.75) is 6.61 Å². The van der Waals surface area contributed by atoms with Gasteiger partial charge in [-0.2, -0.15) is 4.39 Å². The van der Waals surface area contributed by atoms with Crippen LogP contribution in [0.3, 0.4) is 0 Å². The van der Waals surface area contributed by atoms with Crippen LogP contribution in [-0.4, -0.2) is 17.5 Å². The average molecular weight is 260 g/mol. The third-order valence-corrected chi connectivity index (χ3v) is 2.41. The maximum absolute atomic E-state index is 12.8. The lowest BCUT2D eigenvalue weighted by atomic mass is 10.2. The van der Waals surface area contributed by atoms with Crippen LogP contribution in [0.4, 0.5) is 10.1 Å². The van der Waals surface area contributed by atoms with Crippen LogP contribution in [0.2, 0.25) is 0 Å². The van der Waals surface area contributed by atoms with E-state index >= 15 is 0 Å². The zero-order valence-corrected chi connectivity index (χ0v) is 10.2. The molecule has 0 aliphatic rings. The number of esters is 1. The predicted octanol–water partition coefficient (Wildman–Crippen LogP) is 2.38. The zero-order chi connectivity index (χ0) is 13.5. The van der Waals surface area contributed by atoms with Crippen LogP contribution < -0.4 is 5.32 Å². The fraction of sp³-hybridized carbons (Fsp3) is 0.143. The number of ether oxygens (including phenoxy) is 1. The van der Waals surface area contributed by atoms with Gasteiger partial charge in [0.2, 0.25) is 5.95 Å². The average Bonchev–Trinajstić information content (AvgIpc) is 2.44. The highest BCUT2D eigenvalue weighted by Crippen LogP contribution is 2.06. The zero-order valence-electron chi connectivity index (χ0n) is 10.2. The van der Waals surface area contributed by atoms with Gasteiger partial charge >= 0.3 is 5.97 Å². The van der Waals surface area contributed by atoms with Crippen LogP contribution in [0, 0.1) is 5.95 Å². The first-order valence-electron chi connectivity index (χ1n) is 5.79. The number of aromatic nitrogens is 1. The van der Waals surface area contributed by atoms with Gasteiger partial charge in [0, 0.05) is 18.0 Å². The van der Waals surface area contributed by atoms with Crippen LogP contribution in [0.5, 0.6) is 0 Å². The van der Waals surface area contributed by atoms with E-state index in [1.807, 2.05) is 30.3 Å². The molecule has 0 radical (unpaired) electrons. The number of nitrogens with zero attached hydrogens (tertiary/aromatic N) is 1. The number of hydrogen-bond donors (Lipinski definition) is 1. The van der Waals surface area contributed by atoms with Gasteiger partial charge in [-0.05, 0) is 11.6 Å². The maximum Gasteiger partial charge on any atom is 0.325 e. The van der Waals surface area contributed by atoms with E-state index in [0.717, 1.165) is 5.56 Å². The van der Waals surface area contributed by atoms with Crippen molar-refractivity contribution in [3.63, 3.8) is 0 Å². The van der Waals surface area contributed by atoms with Gasteiger partial charge < -0.3 is 10.1 Å². The second-order valence-corrected chi connectivity index (χ2v) is 3.87. The van der Waals surface area contributed by atoms with Gasteiger partial charge in [0.15, 0.2) is 0 Å². The molecular weight excluding hydrogens is 247 g/mol. The van der Waals surface area contributed by atoms with Crippen molar-refractivity contribution < 1.29 is 13.9 Å². The first-order valence-corrected chi connectivity index (χ1v) is 5.79. The number of halogens is 1. The van der Waals surface area contributed by atoms with Gasteiger partial charge in [-0.15, -0.1) is 0 Å². The van der Waals surface area contributed by atoms with Crippen molar-refractivity contribution in [1.82, 2.24) is 4.98 Å². The number of pyridine rings is 1. The lowest BCUT2D eigenvalue weighted by molar-refractivity contribution is -0.142. The summed E-state index contributed by atoms with van der Waals surface area (Å²) in [6, 6.07) is 12.2. The van der Waals surface area contributed by atoms with Crippen molar-refractivity contribution in [3.8, 4) is 0 Å². The van der Waals surface area contributed by atoms with E-state index in [9.17, 15) is 9.18 Å². The molecule has 5 heteroatoms. The molecule has 0 saturated carbocycles. The number of nitrogens with one attached hydrogen (secondary N) is 1. The smallest absolute Gasteiger partial charge is 0.325 e. The minimum Gasteiger partial charge on any atom is -0.460 e. The molecule has 2 aromatic rings. The van der Waals surface area contributed by atoms with Crippen LogP contribution in [0.25, 0.3) is 0 Å². The molecule has 19 heavy (non-hydrogen) atoms. The Morgan fingerprint density at radius 3 is 2.79 bits per heavy atom. The molecule has 0 saturated heterocycles. The van der Waals surface area contributed by atoms with Gasteiger partial charge in [-0.1, -0.05) is 30.3 Å². The number of rotatable bonds is 5. The Bertz CT molecular complexity index is 546. The fourth-order valence-corrected chi connectivity index (χ4v) is 1.48. The van der Waals surface area contributed by atoms with E-state index in [1.54, 1.807) is 6.07 Å². The highest BCUT2D eigenvalue weighted by molar-refractivity contribution is 5.74. The number of hydrogen-bond acceptors (Lipinski definition) is 4. The van der Waals surface area contributed by atoms with Crippen LogP contribution in [0.1, 0.15) is 5.56 Å². The summed E-state index contributed by atoms with van der Waals surface area (Å²) in [4.78, 5) is 14.9. The van der Waals surface area contributed by atoms with E-state index in [2.05, 4.69) is 10.3 Å². The molecule has 0 atom stereocenters. The van der Waals surface area contributed by atoms with Crippen molar-refractivity contribution in [1.29, 1.82) is 0 Å². The Kier molecular flexibility index (Phi) is 4.44. The van der Waals surface area contributed by atoms with Crippen molar-refractivity contribution >= 4 is 11.7 Å². The minimum atomic E-state index is -0.595. The lowest BCUT2D eigenvalue weighted by Crippen LogP contribution is -2.16. The Labute approximate surface area is 110 Å². The van der Waals surface area contributed by atoms with Gasteiger partial charge in [-0.3, -0.25) is 4.79 Å². The van der Waals surface area contributed by atoms with Gasteiger partial charge in [0.25, 0.3) is 0 Å². The van der Waals surface area contributed by atoms with Crippen molar-refractivity contribution in [3.05, 3.63) is 60.2 Å². The molecule has 4 nitrogen and oxygen atoms in total. The minimum absolute atomic E-state index is 0.0176. The van der Waals surface area contributed by atoms with Crippen molar-refractivity contribution in [2.75, 3.05) is 11.9 Å². The topological polar surface area (TPSA) is 51.2 Å². The third-order valence-electron chi connectivity index (χ3n) is 2.41. The molecule has 1 aromatic carbocycles. The quantitative estimate of drug-likeness (QED) is 0.662. The van der Waals surface area contributed by atoms with Crippen LogP contribution in [0.15, 0.2) is 48.7 Å². The summed E-state index contributed by atoms with van der Waals surface area (Å²) in [6.07, 6.45) is 1.33. The van der Waals surface area contributed by atoms with E-state index in [1.165, 1.54) is 12.3 Å². The summed E-state index contributed by atoms with van der Waals surface area (Å²) in [5, 5.41) is 2.77. The van der Waals surface area contributed by atoms with Crippen LogP contribution >= 0.6 is 0 Å². The molecule has 0 fully saturated rings. The first kappa shape index (κ1) is 13.0. The summed E-state index contributed by atoms with van der Waals surface area (Å²) >= 11 is 0. The second kappa shape index (κ2) is 6.49. The molecule has 98 valence electrons. The summed E-state index contributed by atoms with van der Waals surface area (Å²) in [5.74, 6) is -0.997. The Hall–Kier alpha value is -2.43. The maximum atomic E-state index is 12.8. The second-order valence-electron chi connectivity index (χ2n) is 3.87. The molecule has 2 rings (SSSR count). The molecule has 0 aliphatic heterocycles. The van der Waals surface area contributed by atoms with E-state index in [4.69, 9.17) is 4.74 Å². The van der Waals surface area contributed by atoms with Gasteiger partial charge in [-0.25, -0.2) is 4.98 Å². The monoisotopic (exact) mass is 260 g/mol.